The van der Waals surface area contributed by atoms with Crippen LogP contribution in [0.4, 0.5) is 17.1 Å². The Morgan fingerprint density at radius 1 is 1.20 bits per heavy atom. The van der Waals surface area contributed by atoms with E-state index >= 15 is 0 Å². The van der Waals surface area contributed by atoms with E-state index in [4.69, 9.17) is 5.26 Å². The van der Waals surface area contributed by atoms with E-state index in [0.717, 1.165) is 15.8 Å². The summed E-state index contributed by atoms with van der Waals surface area (Å²) in [4.78, 5) is 13.8. The molecule has 0 saturated heterocycles. The van der Waals surface area contributed by atoms with E-state index in [2.05, 4.69) is 27.3 Å². The van der Waals surface area contributed by atoms with Gasteiger partial charge >= 0.3 is 0 Å². The summed E-state index contributed by atoms with van der Waals surface area (Å²) < 4.78 is 0.921. The average Bonchev–Trinajstić information content (AvgIpc) is 2.46. The highest BCUT2D eigenvalue weighted by Gasteiger charge is 2.24. The number of halogens is 1. The molecule has 0 aromatic heterocycles. The smallest absolute Gasteiger partial charge is 0.244 e. The zero-order valence-electron chi connectivity index (χ0n) is 10.4. The summed E-state index contributed by atoms with van der Waals surface area (Å²) in [5, 5.41) is 11.8. The summed E-state index contributed by atoms with van der Waals surface area (Å²) in [5.74, 6) is -0.0941. The lowest BCUT2D eigenvalue weighted by molar-refractivity contribution is -0.115. The van der Waals surface area contributed by atoms with Gasteiger partial charge in [-0.15, -0.1) is 0 Å². The molecular formula is C15H10BrN3O. The van der Waals surface area contributed by atoms with Crippen LogP contribution in [0, 0.1) is 11.3 Å². The number of fused-ring (bicyclic) bond motifs is 1. The van der Waals surface area contributed by atoms with Crippen LogP contribution in [0.1, 0.15) is 5.56 Å². The summed E-state index contributed by atoms with van der Waals surface area (Å²) in [7, 11) is 0. The second-order valence-corrected chi connectivity index (χ2v) is 5.28. The van der Waals surface area contributed by atoms with Gasteiger partial charge in [-0.2, -0.15) is 5.26 Å². The molecule has 1 amide bonds. The zero-order valence-corrected chi connectivity index (χ0v) is 12.0. The van der Waals surface area contributed by atoms with Crippen LogP contribution in [0.25, 0.3) is 0 Å². The van der Waals surface area contributed by atoms with Crippen LogP contribution in [0.5, 0.6) is 0 Å². The second kappa shape index (κ2) is 4.99. The van der Waals surface area contributed by atoms with E-state index in [-0.39, 0.29) is 12.5 Å². The number of para-hydroxylation sites is 1. The van der Waals surface area contributed by atoms with Gasteiger partial charge in [-0.1, -0.05) is 12.1 Å². The van der Waals surface area contributed by atoms with E-state index in [9.17, 15) is 4.79 Å². The number of carbonyl (C=O) groups is 1. The fourth-order valence-corrected chi connectivity index (χ4v) is 2.74. The molecule has 98 valence electrons. The molecule has 1 heterocycles. The van der Waals surface area contributed by atoms with Crippen molar-refractivity contribution in [2.24, 2.45) is 0 Å². The van der Waals surface area contributed by atoms with Crippen molar-refractivity contribution in [3.05, 3.63) is 52.5 Å². The summed E-state index contributed by atoms with van der Waals surface area (Å²) in [6, 6.07) is 15.1. The molecule has 2 aromatic rings. The first kappa shape index (κ1) is 12.7. The largest absolute Gasteiger partial charge is 0.329 e. The molecule has 1 aliphatic heterocycles. The van der Waals surface area contributed by atoms with Gasteiger partial charge < -0.3 is 10.2 Å². The molecule has 3 rings (SSSR count). The van der Waals surface area contributed by atoms with Crippen molar-refractivity contribution in [1.29, 1.82) is 5.26 Å². The van der Waals surface area contributed by atoms with Crippen molar-refractivity contribution < 1.29 is 4.79 Å². The molecule has 0 bridgehead atoms. The minimum Gasteiger partial charge on any atom is -0.329 e. The Morgan fingerprint density at radius 3 is 2.75 bits per heavy atom. The van der Waals surface area contributed by atoms with E-state index in [1.54, 1.807) is 12.1 Å². The van der Waals surface area contributed by atoms with Gasteiger partial charge in [0.2, 0.25) is 5.91 Å². The van der Waals surface area contributed by atoms with Crippen LogP contribution in [0.2, 0.25) is 0 Å². The third kappa shape index (κ3) is 2.15. The highest BCUT2D eigenvalue weighted by Crippen LogP contribution is 2.38. The predicted octanol–water partition coefficient (Wildman–Crippen LogP) is 3.41. The minimum atomic E-state index is -0.0941. The monoisotopic (exact) mass is 327 g/mol. The van der Waals surface area contributed by atoms with E-state index in [0.29, 0.717) is 11.3 Å². The van der Waals surface area contributed by atoms with Crippen LogP contribution in [0.15, 0.2) is 46.9 Å². The summed E-state index contributed by atoms with van der Waals surface area (Å²) in [5.41, 5.74) is 3.00. The number of nitrogens with zero attached hydrogens (tertiary/aromatic N) is 2. The first-order valence-electron chi connectivity index (χ1n) is 6.05. The molecule has 0 fully saturated rings. The van der Waals surface area contributed by atoms with Crippen LogP contribution in [-0.2, 0) is 4.79 Å². The Bertz CT molecular complexity index is 736. The molecule has 0 spiro atoms. The van der Waals surface area contributed by atoms with Gasteiger partial charge in [0.05, 0.1) is 28.7 Å². The van der Waals surface area contributed by atoms with Crippen molar-refractivity contribution in [2.75, 3.05) is 16.8 Å². The molecule has 0 radical (unpaired) electrons. The number of hydrogen-bond donors (Lipinski definition) is 1. The summed E-state index contributed by atoms with van der Waals surface area (Å²) in [6.07, 6.45) is 0. The van der Waals surface area contributed by atoms with Gasteiger partial charge in [0, 0.05) is 4.47 Å². The van der Waals surface area contributed by atoms with Crippen molar-refractivity contribution in [2.45, 2.75) is 0 Å². The van der Waals surface area contributed by atoms with Gasteiger partial charge in [0.15, 0.2) is 0 Å². The second-order valence-electron chi connectivity index (χ2n) is 4.43. The predicted molar refractivity (Wildman–Crippen MR) is 80.9 cm³/mol. The Labute approximate surface area is 124 Å². The number of hydrogen-bond acceptors (Lipinski definition) is 3. The number of anilines is 3. The number of amides is 1. The van der Waals surface area contributed by atoms with Crippen LogP contribution in [0.3, 0.4) is 0 Å². The van der Waals surface area contributed by atoms with E-state index in [1.165, 1.54) is 0 Å². The molecule has 0 saturated carbocycles. The highest BCUT2D eigenvalue weighted by atomic mass is 79.9. The minimum absolute atomic E-state index is 0.0941. The van der Waals surface area contributed by atoms with Gasteiger partial charge in [-0.3, -0.25) is 4.79 Å². The number of nitrogens with one attached hydrogen (secondary N) is 1. The molecule has 2 aromatic carbocycles. The quantitative estimate of drug-likeness (QED) is 0.873. The van der Waals surface area contributed by atoms with Crippen molar-refractivity contribution >= 4 is 38.9 Å². The maximum Gasteiger partial charge on any atom is 0.244 e. The molecule has 1 aliphatic rings. The Morgan fingerprint density at radius 2 is 2.00 bits per heavy atom. The Kier molecular flexibility index (Phi) is 3.17. The maximum absolute atomic E-state index is 11.9. The molecule has 0 aliphatic carbocycles. The molecule has 4 nitrogen and oxygen atoms in total. The number of carbonyl (C=O) groups excluding carboxylic acids is 1. The van der Waals surface area contributed by atoms with Crippen LogP contribution in [-0.4, -0.2) is 12.5 Å². The number of rotatable bonds is 1. The lowest BCUT2D eigenvalue weighted by Crippen LogP contribution is -2.35. The molecular weight excluding hydrogens is 318 g/mol. The molecule has 0 unspecified atom stereocenters. The fourth-order valence-electron chi connectivity index (χ4n) is 2.25. The van der Waals surface area contributed by atoms with E-state index in [1.807, 2.05) is 35.2 Å². The third-order valence-corrected chi connectivity index (χ3v) is 3.81. The SMILES string of the molecule is N#Cc1ccc2c(c1)NC(=O)CN2c1ccccc1Br. The first-order valence-corrected chi connectivity index (χ1v) is 6.84. The topological polar surface area (TPSA) is 56.1 Å². The lowest BCUT2D eigenvalue weighted by Gasteiger charge is -2.31. The molecule has 0 atom stereocenters. The third-order valence-electron chi connectivity index (χ3n) is 3.14. The highest BCUT2D eigenvalue weighted by molar-refractivity contribution is 9.10. The van der Waals surface area contributed by atoms with Crippen LogP contribution >= 0.6 is 15.9 Å². The van der Waals surface area contributed by atoms with Gasteiger partial charge in [0.25, 0.3) is 0 Å². The first-order chi connectivity index (χ1) is 9.69. The lowest BCUT2D eigenvalue weighted by atomic mass is 10.1. The molecule has 5 heteroatoms. The summed E-state index contributed by atoms with van der Waals surface area (Å²) in [6.45, 7) is 0.252. The van der Waals surface area contributed by atoms with Gasteiger partial charge in [-0.05, 0) is 46.3 Å². The van der Waals surface area contributed by atoms with Crippen molar-refractivity contribution in [3.63, 3.8) is 0 Å². The van der Waals surface area contributed by atoms with Crippen molar-refractivity contribution in [3.8, 4) is 6.07 Å². The normalized spacial score (nSPS) is 13.4. The fraction of sp³-hybridized carbons (Fsp3) is 0.0667. The maximum atomic E-state index is 11.9. The molecule has 20 heavy (non-hydrogen) atoms. The van der Waals surface area contributed by atoms with Crippen LogP contribution < -0.4 is 10.2 Å². The number of benzene rings is 2. The number of nitriles is 1. The molecule has 1 N–H and O–H groups in total. The summed E-state index contributed by atoms with van der Waals surface area (Å²) >= 11 is 3.51. The standard InChI is InChI=1S/C15H10BrN3O/c16-11-3-1-2-4-13(11)19-9-15(20)18-12-7-10(8-17)5-6-14(12)19/h1-7H,9H2,(H,18,20). The zero-order chi connectivity index (χ0) is 14.1. The average molecular weight is 328 g/mol. The Balaban J connectivity index is 2.14. The van der Waals surface area contributed by atoms with Gasteiger partial charge in [-0.25, -0.2) is 0 Å². The van der Waals surface area contributed by atoms with Crippen molar-refractivity contribution in [1.82, 2.24) is 0 Å². The van der Waals surface area contributed by atoms with Gasteiger partial charge in [0.1, 0.15) is 6.54 Å². The Hall–Kier alpha value is -2.32. The van der Waals surface area contributed by atoms with E-state index < -0.39 is 0 Å².